The highest BCUT2D eigenvalue weighted by molar-refractivity contribution is 7.90. The van der Waals surface area contributed by atoms with Crippen molar-refractivity contribution in [2.75, 3.05) is 6.26 Å². The average Bonchev–Trinajstić information content (AvgIpc) is 2.72. The van der Waals surface area contributed by atoms with Crippen LogP contribution >= 0.6 is 0 Å². The van der Waals surface area contributed by atoms with Crippen LogP contribution in [0, 0.1) is 10.1 Å². The smallest absolute Gasteiger partial charge is 0.258 e. The number of hydrogen-bond donors (Lipinski definition) is 0. The van der Waals surface area contributed by atoms with Gasteiger partial charge in [0.15, 0.2) is 9.84 Å². The minimum atomic E-state index is -3.28. The molecule has 0 radical (unpaired) electrons. The molecular weight excluding hydrogens is 388 g/mol. The van der Waals surface area contributed by atoms with Gasteiger partial charge in [0, 0.05) is 29.3 Å². The van der Waals surface area contributed by atoms with Gasteiger partial charge in [-0.15, -0.1) is 0 Å². The second-order valence-electron chi connectivity index (χ2n) is 6.68. The van der Waals surface area contributed by atoms with Gasteiger partial charge in [0.2, 0.25) is 0 Å². The fourth-order valence-electron chi connectivity index (χ4n) is 3.20. The van der Waals surface area contributed by atoms with Crippen molar-refractivity contribution in [1.29, 1.82) is 0 Å². The summed E-state index contributed by atoms with van der Waals surface area (Å²) in [7, 11) is -3.28. The molecule has 4 aromatic rings. The Hall–Kier alpha value is -3.58. The van der Waals surface area contributed by atoms with Crippen LogP contribution < -0.4 is 0 Å². The van der Waals surface area contributed by atoms with E-state index in [0.29, 0.717) is 16.6 Å². The lowest BCUT2D eigenvalue weighted by molar-refractivity contribution is -0.384. The van der Waals surface area contributed by atoms with E-state index in [1.54, 1.807) is 30.3 Å². The van der Waals surface area contributed by atoms with Gasteiger partial charge in [0.1, 0.15) is 0 Å². The van der Waals surface area contributed by atoms with E-state index in [1.165, 1.54) is 12.1 Å². The average molecular weight is 404 g/mol. The van der Waals surface area contributed by atoms with Crippen molar-refractivity contribution in [3.05, 3.63) is 89.0 Å². The van der Waals surface area contributed by atoms with Crippen LogP contribution in [0.4, 0.5) is 5.69 Å². The number of nitrogens with zero attached hydrogens (tertiary/aromatic N) is 2. The first kappa shape index (κ1) is 18.8. The summed E-state index contributed by atoms with van der Waals surface area (Å²) in [5.41, 5.74) is 3.77. The molecule has 0 unspecified atom stereocenters. The Morgan fingerprint density at radius 3 is 2.17 bits per heavy atom. The Morgan fingerprint density at radius 1 is 0.862 bits per heavy atom. The van der Waals surface area contributed by atoms with E-state index in [0.717, 1.165) is 22.9 Å². The zero-order chi connectivity index (χ0) is 20.6. The lowest BCUT2D eigenvalue weighted by Crippen LogP contribution is -1.97. The number of non-ortho nitro benzene ring substituents is 1. The lowest BCUT2D eigenvalue weighted by Gasteiger charge is -2.11. The normalized spacial score (nSPS) is 11.5. The monoisotopic (exact) mass is 404 g/mol. The van der Waals surface area contributed by atoms with Crippen molar-refractivity contribution < 1.29 is 13.3 Å². The first-order valence-electron chi connectivity index (χ1n) is 8.78. The first-order valence-corrected chi connectivity index (χ1v) is 10.7. The molecule has 0 aliphatic rings. The molecule has 0 bridgehead atoms. The highest BCUT2D eigenvalue weighted by Crippen LogP contribution is 2.34. The fraction of sp³-hybridized carbons (Fsp3) is 0.0455. The SMILES string of the molecule is CS(=O)(=O)c1ccc(-c2cc(-c3ccccc3)c3cc([N+](=O)[O-])ccc3n2)cc1. The number of benzene rings is 3. The van der Waals surface area contributed by atoms with Crippen molar-refractivity contribution in [2.45, 2.75) is 4.90 Å². The number of sulfone groups is 1. The molecule has 144 valence electrons. The van der Waals surface area contributed by atoms with Gasteiger partial charge in [0.05, 0.1) is 21.0 Å². The third-order valence-electron chi connectivity index (χ3n) is 4.67. The number of aromatic nitrogens is 1. The zero-order valence-corrected chi connectivity index (χ0v) is 16.3. The minimum absolute atomic E-state index is 0.00161. The number of fused-ring (bicyclic) bond motifs is 1. The van der Waals surface area contributed by atoms with Crippen LogP contribution in [-0.2, 0) is 9.84 Å². The van der Waals surface area contributed by atoms with Gasteiger partial charge in [-0.3, -0.25) is 10.1 Å². The lowest BCUT2D eigenvalue weighted by atomic mass is 9.98. The summed E-state index contributed by atoms with van der Waals surface area (Å²) in [4.78, 5) is 15.7. The standard InChI is InChI=1S/C22H16N2O4S/c1-29(27,28)18-10-7-16(8-11-18)22-14-19(15-5-3-2-4-6-15)20-13-17(24(25)26)9-12-21(20)23-22/h2-14H,1H3. The number of pyridine rings is 1. The molecule has 1 heterocycles. The topological polar surface area (TPSA) is 90.2 Å². The first-order chi connectivity index (χ1) is 13.8. The Labute approximate surface area is 167 Å². The van der Waals surface area contributed by atoms with Gasteiger partial charge in [-0.05, 0) is 35.4 Å². The minimum Gasteiger partial charge on any atom is -0.258 e. The molecule has 29 heavy (non-hydrogen) atoms. The van der Waals surface area contributed by atoms with E-state index >= 15 is 0 Å². The second kappa shape index (κ2) is 7.10. The molecule has 0 amide bonds. The van der Waals surface area contributed by atoms with Crippen molar-refractivity contribution in [3.8, 4) is 22.4 Å². The number of rotatable bonds is 4. The van der Waals surface area contributed by atoms with Crippen LogP contribution in [0.3, 0.4) is 0 Å². The second-order valence-corrected chi connectivity index (χ2v) is 8.69. The summed E-state index contributed by atoms with van der Waals surface area (Å²) >= 11 is 0. The summed E-state index contributed by atoms with van der Waals surface area (Å²) in [6.07, 6.45) is 1.16. The Bertz CT molecular complexity index is 1330. The van der Waals surface area contributed by atoms with Crippen LogP contribution in [0.5, 0.6) is 0 Å². The van der Waals surface area contributed by atoms with E-state index < -0.39 is 14.8 Å². The molecule has 4 rings (SSSR count). The van der Waals surface area contributed by atoms with Crippen LogP contribution in [0.25, 0.3) is 33.3 Å². The molecule has 0 spiro atoms. The molecule has 3 aromatic carbocycles. The molecule has 0 saturated carbocycles. The third-order valence-corrected chi connectivity index (χ3v) is 5.79. The Kier molecular flexibility index (Phi) is 4.60. The summed E-state index contributed by atoms with van der Waals surface area (Å²) in [5.74, 6) is 0. The molecule has 0 aliphatic carbocycles. The summed E-state index contributed by atoms with van der Waals surface area (Å²) in [6.45, 7) is 0. The summed E-state index contributed by atoms with van der Waals surface area (Å²) in [6, 6.07) is 22.6. The van der Waals surface area contributed by atoms with E-state index in [2.05, 4.69) is 4.98 Å². The quantitative estimate of drug-likeness (QED) is 0.357. The maximum atomic E-state index is 11.7. The van der Waals surface area contributed by atoms with Crippen LogP contribution in [0.2, 0.25) is 0 Å². The van der Waals surface area contributed by atoms with Crippen molar-refractivity contribution in [1.82, 2.24) is 4.98 Å². The van der Waals surface area contributed by atoms with Crippen LogP contribution in [0.1, 0.15) is 0 Å². The molecule has 0 atom stereocenters. The van der Waals surface area contributed by atoms with Crippen LogP contribution in [-0.4, -0.2) is 24.6 Å². The summed E-state index contributed by atoms with van der Waals surface area (Å²) < 4.78 is 23.4. The Morgan fingerprint density at radius 2 is 1.55 bits per heavy atom. The molecule has 0 fully saturated rings. The van der Waals surface area contributed by atoms with E-state index in [-0.39, 0.29) is 10.6 Å². The summed E-state index contributed by atoms with van der Waals surface area (Å²) in [5, 5.41) is 11.9. The fourth-order valence-corrected chi connectivity index (χ4v) is 3.84. The maximum absolute atomic E-state index is 11.7. The van der Waals surface area contributed by atoms with Crippen molar-refractivity contribution >= 4 is 26.4 Å². The molecule has 1 aromatic heterocycles. The molecule has 6 nitrogen and oxygen atoms in total. The highest BCUT2D eigenvalue weighted by Gasteiger charge is 2.14. The Balaban J connectivity index is 1.95. The van der Waals surface area contributed by atoms with Gasteiger partial charge >= 0.3 is 0 Å². The van der Waals surface area contributed by atoms with Crippen molar-refractivity contribution in [2.24, 2.45) is 0 Å². The van der Waals surface area contributed by atoms with E-state index in [4.69, 9.17) is 0 Å². The zero-order valence-electron chi connectivity index (χ0n) is 15.4. The van der Waals surface area contributed by atoms with E-state index in [1.807, 2.05) is 36.4 Å². The number of nitro groups is 1. The predicted octanol–water partition coefficient (Wildman–Crippen LogP) is 4.88. The molecule has 0 aliphatic heterocycles. The predicted molar refractivity (Wildman–Crippen MR) is 112 cm³/mol. The van der Waals surface area contributed by atoms with Gasteiger partial charge in [0.25, 0.3) is 5.69 Å². The van der Waals surface area contributed by atoms with E-state index in [9.17, 15) is 18.5 Å². The maximum Gasteiger partial charge on any atom is 0.270 e. The molecule has 0 N–H and O–H groups in total. The van der Waals surface area contributed by atoms with Crippen LogP contribution in [0.15, 0.2) is 83.8 Å². The van der Waals surface area contributed by atoms with Gasteiger partial charge in [-0.25, -0.2) is 13.4 Å². The largest absolute Gasteiger partial charge is 0.270 e. The highest BCUT2D eigenvalue weighted by atomic mass is 32.2. The van der Waals surface area contributed by atoms with Crippen molar-refractivity contribution in [3.63, 3.8) is 0 Å². The number of nitro benzene ring substituents is 1. The van der Waals surface area contributed by atoms with Gasteiger partial charge in [-0.1, -0.05) is 42.5 Å². The third kappa shape index (κ3) is 3.72. The van der Waals surface area contributed by atoms with Gasteiger partial charge < -0.3 is 0 Å². The molecule has 7 heteroatoms. The number of hydrogen-bond acceptors (Lipinski definition) is 5. The molecule has 0 saturated heterocycles. The van der Waals surface area contributed by atoms with Gasteiger partial charge in [-0.2, -0.15) is 0 Å². The molecular formula is C22H16N2O4S.